The molecule has 3 aliphatic carbocycles. The molecule has 4 rings (SSSR count). The number of nitrogens with zero attached hydrogens (tertiary/aromatic N) is 1. The molecule has 190 valence electrons. The number of nitro benzene ring substituents is 1. The van der Waals surface area contributed by atoms with Gasteiger partial charge in [-0.1, -0.05) is 19.9 Å². The Bertz CT molecular complexity index is 1270. The van der Waals surface area contributed by atoms with E-state index in [1.807, 2.05) is 0 Å². The maximum atomic E-state index is 13.7. The average molecular weight is 502 g/mol. The number of carbonyl (C=O) groups is 6. The fraction of sp³-hybridized carbons (Fsp3) is 0.478. The van der Waals surface area contributed by atoms with Crippen LogP contribution in [0.1, 0.15) is 48.5 Å². The number of Topliss-reactive ketones (excluding diaryl/α,β-unsaturated/α-hetero) is 4. The van der Waals surface area contributed by atoms with E-state index in [0.29, 0.717) is 0 Å². The van der Waals surface area contributed by atoms with Crippen molar-refractivity contribution >= 4 is 40.7 Å². The minimum absolute atomic E-state index is 0.128. The third-order valence-corrected chi connectivity index (χ3v) is 7.56. The summed E-state index contributed by atoms with van der Waals surface area (Å²) >= 11 is 0. The van der Waals surface area contributed by atoms with E-state index in [9.17, 15) is 49.1 Å². The number of phenols is 1. The predicted octanol–water partition coefficient (Wildman–Crippen LogP) is -0.272. The van der Waals surface area contributed by atoms with Gasteiger partial charge in [0.25, 0.3) is 0 Å². The molecule has 36 heavy (non-hydrogen) atoms. The number of amides is 1. The third kappa shape index (κ3) is 3.19. The number of benzene rings is 1. The summed E-state index contributed by atoms with van der Waals surface area (Å²) in [5.74, 6) is -15.8. The highest BCUT2D eigenvalue weighted by molar-refractivity contribution is 6.31. The van der Waals surface area contributed by atoms with Gasteiger partial charge in [-0.25, -0.2) is 0 Å². The Balaban J connectivity index is 1.96. The zero-order chi connectivity index (χ0) is 26.9. The van der Waals surface area contributed by atoms with Gasteiger partial charge in [-0.05, 0) is 11.5 Å². The number of aliphatic hydroxyl groups is 1. The van der Waals surface area contributed by atoms with Crippen molar-refractivity contribution in [3.8, 4) is 5.75 Å². The van der Waals surface area contributed by atoms with Crippen LogP contribution in [0, 0.1) is 33.8 Å². The number of hydrogen-bond acceptors (Lipinski definition) is 11. The molecule has 2 unspecified atom stereocenters. The number of ketones is 4. The lowest BCUT2D eigenvalue weighted by atomic mass is 9.50. The van der Waals surface area contributed by atoms with Crippen LogP contribution in [-0.4, -0.2) is 61.9 Å². The van der Waals surface area contributed by atoms with E-state index in [0.717, 1.165) is 6.07 Å². The third-order valence-electron chi connectivity index (χ3n) is 7.56. The van der Waals surface area contributed by atoms with E-state index in [1.165, 1.54) is 19.9 Å². The maximum Gasteiger partial charge on any atom is 0.311 e. The van der Waals surface area contributed by atoms with E-state index in [1.54, 1.807) is 0 Å². The van der Waals surface area contributed by atoms with Crippen LogP contribution < -0.4 is 5.73 Å². The van der Waals surface area contributed by atoms with Crippen molar-refractivity contribution in [2.45, 2.75) is 44.3 Å². The number of fused-ring (bicyclic) bond motifs is 3. The Morgan fingerprint density at radius 3 is 2.42 bits per heavy atom. The molecule has 0 spiro atoms. The summed E-state index contributed by atoms with van der Waals surface area (Å²) in [5.41, 5.74) is 0.899. The predicted molar refractivity (Wildman–Crippen MR) is 115 cm³/mol. The molecular weight excluding hydrogens is 480 g/mol. The summed E-state index contributed by atoms with van der Waals surface area (Å²) in [6, 6.07) is 2.22. The molecule has 0 aliphatic heterocycles. The first-order chi connectivity index (χ1) is 16.8. The molecule has 13 heteroatoms. The first-order valence-electron chi connectivity index (χ1n) is 11.2. The van der Waals surface area contributed by atoms with Gasteiger partial charge in [0.1, 0.15) is 6.10 Å². The molecule has 13 nitrogen and oxygen atoms in total. The van der Waals surface area contributed by atoms with Gasteiger partial charge >= 0.3 is 11.7 Å². The molecule has 2 saturated carbocycles. The molecule has 7 atom stereocenters. The molecule has 1 amide bonds. The zero-order valence-electron chi connectivity index (χ0n) is 19.1. The van der Waals surface area contributed by atoms with Gasteiger partial charge in [-0.15, -0.1) is 0 Å². The summed E-state index contributed by atoms with van der Waals surface area (Å²) in [7, 11) is 0. The molecular formula is C23H22N2O11. The first-order valence-corrected chi connectivity index (χ1v) is 11.2. The van der Waals surface area contributed by atoms with Crippen LogP contribution in [0.2, 0.25) is 0 Å². The van der Waals surface area contributed by atoms with Crippen molar-refractivity contribution in [2.24, 2.45) is 29.4 Å². The number of esters is 1. The smallest absolute Gasteiger partial charge is 0.311 e. The van der Waals surface area contributed by atoms with Crippen LogP contribution in [0.3, 0.4) is 0 Å². The lowest BCUT2D eigenvalue weighted by Crippen LogP contribution is -2.73. The van der Waals surface area contributed by atoms with E-state index in [2.05, 4.69) is 0 Å². The van der Waals surface area contributed by atoms with Gasteiger partial charge in [0.2, 0.25) is 11.7 Å². The first kappa shape index (κ1) is 25.1. The van der Waals surface area contributed by atoms with Crippen molar-refractivity contribution in [2.75, 3.05) is 0 Å². The fourth-order valence-corrected chi connectivity index (χ4v) is 5.85. The SMILES string of the molecule is CCC(=O)O[C@H]1[C@H]2C(C(=O)c3c(ccc([N+](=O)[O-])c3O)[C@@H]2C)C(=O)[C@]2(O)C(=O)C(C(N)=O)C(=O)C[C@H]12. The largest absolute Gasteiger partial charge is 0.502 e. The number of nitro groups is 1. The van der Waals surface area contributed by atoms with Crippen LogP contribution in [0.5, 0.6) is 5.75 Å². The highest BCUT2D eigenvalue weighted by atomic mass is 16.6. The molecule has 3 aliphatic rings. The fourth-order valence-electron chi connectivity index (χ4n) is 5.85. The standard InChI is InChI=1S/C23H22N2O11/c1-3-12(27)36-19-9-6-11(26)15(22(24)32)20(30)23(9,33)21(31)16-13(19)7(2)8-4-5-10(25(34)35)17(28)14(8)18(16)29/h4-5,7,9,13,15-16,19,28,33H,3,6H2,1-2H3,(H2,24,32)/t7-,9+,13+,15?,16?,19+,23+/m0/s1. The van der Waals surface area contributed by atoms with Gasteiger partial charge in [-0.3, -0.25) is 38.9 Å². The second-order valence-electron chi connectivity index (χ2n) is 9.28. The topological polar surface area (TPSA) is 221 Å². The number of phenolic OH excluding ortho intramolecular Hbond substituents is 1. The molecule has 1 aromatic carbocycles. The van der Waals surface area contributed by atoms with Gasteiger partial charge in [0.05, 0.1) is 16.4 Å². The molecule has 0 bridgehead atoms. The summed E-state index contributed by atoms with van der Waals surface area (Å²) in [4.78, 5) is 87.6. The Morgan fingerprint density at radius 2 is 1.86 bits per heavy atom. The quantitative estimate of drug-likeness (QED) is 0.210. The number of aromatic hydroxyl groups is 1. The lowest BCUT2D eigenvalue weighted by molar-refractivity contribution is -0.385. The number of primary amides is 1. The maximum absolute atomic E-state index is 13.7. The molecule has 1 aromatic rings. The van der Waals surface area contributed by atoms with Gasteiger partial charge in [0, 0.05) is 30.7 Å². The van der Waals surface area contributed by atoms with E-state index >= 15 is 0 Å². The monoisotopic (exact) mass is 502 g/mol. The molecule has 0 saturated heterocycles. The second-order valence-corrected chi connectivity index (χ2v) is 9.28. The Labute approximate surface area is 202 Å². The summed E-state index contributed by atoms with van der Waals surface area (Å²) < 4.78 is 5.52. The molecule has 4 N–H and O–H groups in total. The van der Waals surface area contributed by atoms with Crippen LogP contribution in [-0.2, 0) is 28.7 Å². The molecule has 0 aromatic heterocycles. The Hall–Kier alpha value is -4.00. The Kier molecular flexibility index (Phi) is 5.78. The number of nitrogens with two attached hydrogens (primary N) is 1. The summed E-state index contributed by atoms with van der Waals surface area (Å²) in [5, 5.41) is 33.3. The summed E-state index contributed by atoms with van der Waals surface area (Å²) in [6.45, 7) is 2.99. The van der Waals surface area contributed by atoms with Crippen LogP contribution in [0.15, 0.2) is 12.1 Å². The van der Waals surface area contributed by atoms with Crippen molar-refractivity contribution < 1.29 is 48.6 Å². The minimum Gasteiger partial charge on any atom is -0.502 e. The van der Waals surface area contributed by atoms with Gasteiger partial charge in [-0.2, -0.15) is 0 Å². The van der Waals surface area contributed by atoms with Crippen molar-refractivity contribution in [1.82, 2.24) is 0 Å². The van der Waals surface area contributed by atoms with E-state index < -0.39 is 105 Å². The lowest BCUT2D eigenvalue weighted by Gasteiger charge is -2.53. The number of ether oxygens (including phenoxy) is 1. The van der Waals surface area contributed by atoms with Gasteiger partial charge in [0.15, 0.2) is 34.7 Å². The van der Waals surface area contributed by atoms with Crippen molar-refractivity contribution in [3.63, 3.8) is 0 Å². The van der Waals surface area contributed by atoms with E-state index in [-0.39, 0.29) is 12.0 Å². The number of hydrogen-bond donors (Lipinski definition) is 3. The average Bonchev–Trinajstić information content (AvgIpc) is 2.80. The highest BCUT2D eigenvalue weighted by Crippen LogP contribution is 2.55. The molecule has 0 radical (unpaired) electrons. The number of rotatable bonds is 4. The minimum atomic E-state index is -3.07. The second kappa shape index (κ2) is 8.29. The summed E-state index contributed by atoms with van der Waals surface area (Å²) in [6.07, 6.45) is -2.34. The highest BCUT2D eigenvalue weighted by Gasteiger charge is 2.71. The van der Waals surface area contributed by atoms with Crippen molar-refractivity contribution in [3.05, 3.63) is 33.4 Å². The molecule has 0 heterocycles. The number of carbonyl (C=O) groups excluding carboxylic acids is 6. The van der Waals surface area contributed by atoms with Crippen molar-refractivity contribution in [1.29, 1.82) is 0 Å². The van der Waals surface area contributed by atoms with Crippen LogP contribution in [0.25, 0.3) is 0 Å². The Morgan fingerprint density at radius 1 is 1.22 bits per heavy atom. The van der Waals surface area contributed by atoms with E-state index in [4.69, 9.17) is 10.5 Å². The van der Waals surface area contributed by atoms with Crippen LogP contribution in [0.4, 0.5) is 5.69 Å². The zero-order valence-corrected chi connectivity index (χ0v) is 19.1. The van der Waals surface area contributed by atoms with Gasteiger partial charge < -0.3 is 20.7 Å². The van der Waals surface area contributed by atoms with Crippen LogP contribution >= 0.6 is 0 Å². The normalized spacial score (nSPS) is 33.3. The molecule has 2 fully saturated rings.